The average Bonchev–Trinajstić information content (AvgIpc) is 2.35. The Morgan fingerprint density at radius 3 is 2.88 bits per heavy atom. The number of methoxy groups -OCH3 is 2. The van der Waals surface area contributed by atoms with Crippen molar-refractivity contribution >= 4 is 17.6 Å². The molecule has 0 radical (unpaired) electrons. The number of halogens is 1. The quantitative estimate of drug-likeness (QED) is 0.647. The Morgan fingerprint density at radius 2 is 2.24 bits per heavy atom. The van der Waals surface area contributed by atoms with Crippen molar-refractivity contribution in [3.63, 3.8) is 0 Å². The zero-order chi connectivity index (χ0) is 12.7. The predicted octanol–water partition coefficient (Wildman–Crippen LogP) is 2.12. The number of carbonyl (C=O) groups is 1. The predicted molar refractivity (Wildman–Crippen MR) is 66.0 cm³/mol. The Hall–Kier alpha value is -1.68. The van der Waals surface area contributed by atoms with Gasteiger partial charge >= 0.3 is 5.97 Å². The summed E-state index contributed by atoms with van der Waals surface area (Å²) in [5, 5.41) is 3.55. The zero-order valence-corrected chi connectivity index (χ0v) is 10.5. The first-order valence-electron chi connectivity index (χ1n) is 4.98. The molecule has 0 fully saturated rings. The molecule has 1 N–H and O–H groups in total. The lowest BCUT2D eigenvalue weighted by molar-refractivity contribution is -0.134. The van der Waals surface area contributed by atoms with Crippen molar-refractivity contribution < 1.29 is 14.3 Å². The second-order valence-electron chi connectivity index (χ2n) is 3.16. The monoisotopic (exact) mass is 255 g/mol. The summed E-state index contributed by atoms with van der Waals surface area (Å²) in [4.78, 5) is 10.8. The first kappa shape index (κ1) is 13.4. The fourth-order valence-electron chi connectivity index (χ4n) is 1.26. The van der Waals surface area contributed by atoms with E-state index in [1.54, 1.807) is 13.2 Å². The summed E-state index contributed by atoms with van der Waals surface area (Å²) >= 11 is 6.04. The minimum Gasteiger partial charge on any atom is -0.496 e. The molecule has 0 aliphatic rings. The Balaban J connectivity index is 2.63. The molecule has 0 spiro atoms. The summed E-state index contributed by atoms with van der Waals surface area (Å²) in [5.74, 6) is 0.292. The van der Waals surface area contributed by atoms with Gasteiger partial charge in [-0.15, -0.1) is 0 Å². The van der Waals surface area contributed by atoms with E-state index < -0.39 is 5.97 Å². The topological polar surface area (TPSA) is 47.6 Å². The van der Waals surface area contributed by atoms with Crippen LogP contribution < -0.4 is 10.1 Å². The van der Waals surface area contributed by atoms with Gasteiger partial charge in [0.25, 0.3) is 0 Å². The molecule has 0 amide bonds. The highest BCUT2D eigenvalue weighted by Crippen LogP contribution is 2.25. The molecule has 0 bridgehead atoms. The number of ether oxygens (including phenoxy) is 2. The second kappa shape index (κ2) is 6.81. The Kier molecular flexibility index (Phi) is 5.36. The summed E-state index contributed by atoms with van der Waals surface area (Å²) < 4.78 is 9.64. The Bertz CT molecular complexity index is 418. The van der Waals surface area contributed by atoms with Gasteiger partial charge in [0.05, 0.1) is 14.2 Å². The van der Waals surface area contributed by atoms with Crippen LogP contribution in [-0.2, 0) is 16.1 Å². The van der Waals surface area contributed by atoms with Crippen molar-refractivity contribution in [2.45, 2.75) is 6.54 Å². The number of carbonyl (C=O) groups excluding carboxylic acids is 1. The molecule has 4 nitrogen and oxygen atoms in total. The molecule has 0 saturated heterocycles. The Labute approximate surface area is 105 Å². The first-order chi connectivity index (χ1) is 8.19. The normalized spacial score (nSPS) is 10.3. The molecule has 17 heavy (non-hydrogen) atoms. The van der Waals surface area contributed by atoms with Crippen molar-refractivity contribution in [1.82, 2.24) is 5.32 Å². The highest BCUT2D eigenvalue weighted by atomic mass is 35.5. The van der Waals surface area contributed by atoms with Gasteiger partial charge in [-0.2, -0.15) is 0 Å². The number of nitrogens with one attached hydrogen (secondary N) is 1. The van der Waals surface area contributed by atoms with Gasteiger partial charge in [-0.1, -0.05) is 17.7 Å². The number of rotatable bonds is 5. The third kappa shape index (κ3) is 4.00. The van der Waals surface area contributed by atoms with Crippen LogP contribution in [0.15, 0.2) is 30.5 Å². The minimum atomic E-state index is -0.413. The Morgan fingerprint density at radius 1 is 1.47 bits per heavy atom. The smallest absolute Gasteiger partial charge is 0.331 e. The third-order valence-corrected chi connectivity index (χ3v) is 2.47. The van der Waals surface area contributed by atoms with E-state index in [0.29, 0.717) is 17.3 Å². The lowest BCUT2D eigenvalue weighted by Gasteiger charge is -2.09. The van der Waals surface area contributed by atoms with Crippen molar-refractivity contribution in [3.8, 4) is 5.75 Å². The van der Waals surface area contributed by atoms with E-state index in [9.17, 15) is 4.79 Å². The molecule has 0 heterocycles. The third-order valence-electron chi connectivity index (χ3n) is 2.11. The molecule has 1 aromatic carbocycles. The molecule has 92 valence electrons. The molecule has 5 heteroatoms. The van der Waals surface area contributed by atoms with Gasteiger partial charge in [-0.05, 0) is 12.1 Å². The fourth-order valence-corrected chi connectivity index (χ4v) is 1.49. The van der Waals surface area contributed by atoms with Gasteiger partial charge in [0.1, 0.15) is 5.75 Å². The van der Waals surface area contributed by atoms with Crippen LogP contribution >= 0.6 is 11.6 Å². The maximum absolute atomic E-state index is 10.8. The van der Waals surface area contributed by atoms with E-state index in [1.165, 1.54) is 19.4 Å². The van der Waals surface area contributed by atoms with Crippen LogP contribution in [0, 0.1) is 0 Å². The van der Waals surface area contributed by atoms with Crippen molar-refractivity contribution in [3.05, 3.63) is 41.1 Å². The lowest BCUT2D eigenvalue weighted by Crippen LogP contribution is -2.08. The zero-order valence-electron chi connectivity index (χ0n) is 9.70. The first-order valence-corrected chi connectivity index (χ1v) is 5.36. The highest BCUT2D eigenvalue weighted by Gasteiger charge is 2.05. The van der Waals surface area contributed by atoms with Crippen LogP contribution in [0.25, 0.3) is 0 Å². The molecule has 1 rings (SSSR count). The molecule has 0 saturated carbocycles. The summed E-state index contributed by atoms with van der Waals surface area (Å²) in [7, 11) is 2.91. The van der Waals surface area contributed by atoms with E-state index in [1.807, 2.05) is 12.1 Å². The van der Waals surface area contributed by atoms with Crippen LogP contribution in [0.5, 0.6) is 5.75 Å². The summed E-state index contributed by atoms with van der Waals surface area (Å²) in [6.07, 6.45) is 2.80. The molecule has 0 unspecified atom stereocenters. The fraction of sp³-hybridized carbons (Fsp3) is 0.250. The summed E-state index contributed by atoms with van der Waals surface area (Å²) in [5.41, 5.74) is 0.839. The summed E-state index contributed by atoms with van der Waals surface area (Å²) in [6.45, 7) is 0.469. The van der Waals surface area contributed by atoms with Crippen molar-refractivity contribution in [1.29, 1.82) is 0 Å². The van der Waals surface area contributed by atoms with Gasteiger partial charge < -0.3 is 14.8 Å². The van der Waals surface area contributed by atoms with Crippen LogP contribution in [0.2, 0.25) is 5.02 Å². The SMILES string of the molecule is COC(=O)/C=C/NCc1c(Cl)cccc1OC. The van der Waals surface area contributed by atoms with Crippen LogP contribution in [0.1, 0.15) is 5.56 Å². The number of esters is 1. The number of hydrogen-bond acceptors (Lipinski definition) is 4. The van der Waals surface area contributed by atoms with Gasteiger partial charge in [0.2, 0.25) is 0 Å². The van der Waals surface area contributed by atoms with Gasteiger partial charge in [-0.3, -0.25) is 0 Å². The average molecular weight is 256 g/mol. The second-order valence-corrected chi connectivity index (χ2v) is 3.57. The highest BCUT2D eigenvalue weighted by molar-refractivity contribution is 6.31. The van der Waals surface area contributed by atoms with E-state index in [0.717, 1.165) is 5.56 Å². The van der Waals surface area contributed by atoms with Crippen LogP contribution in [0.3, 0.4) is 0 Å². The van der Waals surface area contributed by atoms with Crippen molar-refractivity contribution in [2.75, 3.05) is 14.2 Å². The van der Waals surface area contributed by atoms with Crippen LogP contribution in [-0.4, -0.2) is 20.2 Å². The van der Waals surface area contributed by atoms with Gasteiger partial charge in [0, 0.05) is 29.4 Å². The van der Waals surface area contributed by atoms with E-state index in [4.69, 9.17) is 16.3 Å². The maximum atomic E-state index is 10.8. The van der Waals surface area contributed by atoms with E-state index in [2.05, 4.69) is 10.1 Å². The molecular formula is C12H14ClNO3. The molecule has 1 aromatic rings. The maximum Gasteiger partial charge on any atom is 0.331 e. The van der Waals surface area contributed by atoms with Gasteiger partial charge in [-0.25, -0.2) is 4.79 Å². The lowest BCUT2D eigenvalue weighted by atomic mass is 10.2. The molecule has 0 aromatic heterocycles. The summed E-state index contributed by atoms with van der Waals surface area (Å²) in [6, 6.07) is 5.42. The van der Waals surface area contributed by atoms with E-state index in [-0.39, 0.29) is 0 Å². The van der Waals surface area contributed by atoms with E-state index >= 15 is 0 Å². The number of benzene rings is 1. The van der Waals surface area contributed by atoms with Gasteiger partial charge in [0.15, 0.2) is 0 Å². The molecule has 0 atom stereocenters. The van der Waals surface area contributed by atoms with Crippen molar-refractivity contribution in [2.24, 2.45) is 0 Å². The standard InChI is InChI=1S/C12H14ClNO3/c1-16-11-5-3-4-10(13)9(11)8-14-7-6-12(15)17-2/h3-7,14H,8H2,1-2H3/b7-6+. The molecule has 0 aliphatic heterocycles. The largest absolute Gasteiger partial charge is 0.496 e. The number of hydrogen-bond donors (Lipinski definition) is 1. The molecule has 0 aliphatic carbocycles. The molecular weight excluding hydrogens is 242 g/mol. The minimum absolute atomic E-state index is 0.413. The van der Waals surface area contributed by atoms with Crippen LogP contribution in [0.4, 0.5) is 0 Å².